The van der Waals surface area contributed by atoms with Crippen molar-refractivity contribution in [3.8, 4) is 11.5 Å². The number of benzene rings is 1. The molecule has 1 amide bonds. The number of methoxy groups -OCH3 is 2. The molecule has 2 rings (SSSR count). The number of amides is 1. The van der Waals surface area contributed by atoms with Crippen LogP contribution in [0.3, 0.4) is 0 Å². The van der Waals surface area contributed by atoms with E-state index in [1.165, 1.54) is 0 Å². The summed E-state index contributed by atoms with van der Waals surface area (Å²) in [6, 6.07) is 3.78. The third-order valence-electron chi connectivity index (χ3n) is 3.42. The van der Waals surface area contributed by atoms with Crippen LogP contribution in [0.15, 0.2) is 12.1 Å². The summed E-state index contributed by atoms with van der Waals surface area (Å²) < 4.78 is 10.5. The molecule has 1 unspecified atom stereocenters. The van der Waals surface area contributed by atoms with Gasteiger partial charge < -0.3 is 20.1 Å². The van der Waals surface area contributed by atoms with Gasteiger partial charge in [-0.25, -0.2) is 0 Å². The van der Waals surface area contributed by atoms with Gasteiger partial charge in [-0.2, -0.15) is 0 Å². The zero-order chi connectivity index (χ0) is 15.4. The molecule has 1 saturated carbocycles. The molecule has 6 heteroatoms. The Kier molecular flexibility index (Phi) is 5.31. The number of nitrogens with one attached hydrogen (secondary N) is 2. The van der Waals surface area contributed by atoms with Crippen LogP contribution in [0.2, 0.25) is 5.02 Å². The number of hydrogen-bond donors (Lipinski definition) is 2. The number of carbonyl (C=O) groups is 1. The van der Waals surface area contributed by atoms with Gasteiger partial charge >= 0.3 is 0 Å². The molecule has 0 aromatic heterocycles. The average molecular weight is 313 g/mol. The van der Waals surface area contributed by atoms with Crippen LogP contribution in [-0.4, -0.2) is 32.2 Å². The molecule has 2 N–H and O–H groups in total. The van der Waals surface area contributed by atoms with Crippen molar-refractivity contribution in [2.24, 2.45) is 0 Å². The molecule has 1 aliphatic rings. The van der Waals surface area contributed by atoms with Crippen molar-refractivity contribution in [2.75, 3.05) is 14.2 Å². The Labute approximate surface area is 130 Å². The Hall–Kier alpha value is -1.46. The van der Waals surface area contributed by atoms with Gasteiger partial charge in [-0.1, -0.05) is 11.6 Å². The van der Waals surface area contributed by atoms with Gasteiger partial charge in [-0.3, -0.25) is 4.79 Å². The lowest BCUT2D eigenvalue weighted by molar-refractivity contribution is -0.122. The summed E-state index contributed by atoms with van der Waals surface area (Å²) in [5, 5.41) is 6.64. The second kappa shape index (κ2) is 7.00. The molecule has 21 heavy (non-hydrogen) atoms. The summed E-state index contributed by atoms with van der Waals surface area (Å²) in [7, 11) is 3.11. The number of halogens is 1. The van der Waals surface area contributed by atoms with Crippen LogP contribution in [0.4, 0.5) is 0 Å². The van der Waals surface area contributed by atoms with E-state index in [0.717, 1.165) is 18.4 Å². The lowest BCUT2D eigenvalue weighted by atomic mass is 10.2. The molecule has 0 heterocycles. The summed E-state index contributed by atoms with van der Waals surface area (Å²) in [6.07, 6.45) is 2.17. The Bertz CT molecular complexity index is 518. The second-order valence-electron chi connectivity index (χ2n) is 5.20. The standard InChI is InChI=1S/C15H21ClN2O3/c1-9(15(19)18-11-4-5-11)17-8-10-6-12(16)14(21-3)13(7-10)20-2/h6-7,9,11,17H,4-5,8H2,1-3H3,(H,18,19). The van der Waals surface area contributed by atoms with Crippen molar-refractivity contribution in [2.45, 2.75) is 38.4 Å². The first-order valence-electron chi connectivity index (χ1n) is 6.99. The van der Waals surface area contributed by atoms with E-state index in [9.17, 15) is 4.79 Å². The molecule has 116 valence electrons. The molecule has 1 fully saturated rings. The van der Waals surface area contributed by atoms with Crippen LogP contribution >= 0.6 is 11.6 Å². The minimum Gasteiger partial charge on any atom is -0.493 e. The maximum Gasteiger partial charge on any atom is 0.237 e. The summed E-state index contributed by atoms with van der Waals surface area (Å²) in [6.45, 7) is 2.37. The first-order valence-corrected chi connectivity index (χ1v) is 7.37. The maximum atomic E-state index is 11.9. The minimum atomic E-state index is -0.252. The van der Waals surface area contributed by atoms with Crippen molar-refractivity contribution in [1.29, 1.82) is 0 Å². The van der Waals surface area contributed by atoms with Crippen LogP contribution in [0, 0.1) is 0 Å². The van der Waals surface area contributed by atoms with E-state index in [1.807, 2.05) is 13.0 Å². The fourth-order valence-corrected chi connectivity index (χ4v) is 2.30. The van der Waals surface area contributed by atoms with E-state index >= 15 is 0 Å². The van der Waals surface area contributed by atoms with Gasteiger partial charge in [0.15, 0.2) is 11.5 Å². The maximum absolute atomic E-state index is 11.9. The quantitative estimate of drug-likeness (QED) is 0.809. The molecular formula is C15H21ClN2O3. The zero-order valence-corrected chi connectivity index (χ0v) is 13.3. The van der Waals surface area contributed by atoms with Gasteiger partial charge in [-0.05, 0) is 37.5 Å². The Morgan fingerprint density at radius 2 is 2.10 bits per heavy atom. The SMILES string of the molecule is COc1cc(CNC(C)C(=O)NC2CC2)cc(Cl)c1OC. The van der Waals surface area contributed by atoms with Crippen LogP contribution in [0.1, 0.15) is 25.3 Å². The Morgan fingerprint density at radius 3 is 2.67 bits per heavy atom. The molecule has 0 saturated heterocycles. The van der Waals surface area contributed by atoms with E-state index < -0.39 is 0 Å². The van der Waals surface area contributed by atoms with Gasteiger partial charge in [-0.15, -0.1) is 0 Å². The zero-order valence-electron chi connectivity index (χ0n) is 12.5. The third-order valence-corrected chi connectivity index (χ3v) is 3.70. The van der Waals surface area contributed by atoms with Crippen molar-refractivity contribution in [3.63, 3.8) is 0 Å². The van der Waals surface area contributed by atoms with E-state index in [4.69, 9.17) is 21.1 Å². The smallest absolute Gasteiger partial charge is 0.237 e. The van der Waals surface area contributed by atoms with E-state index in [1.54, 1.807) is 20.3 Å². The van der Waals surface area contributed by atoms with E-state index in [-0.39, 0.29) is 11.9 Å². The van der Waals surface area contributed by atoms with Crippen molar-refractivity contribution in [1.82, 2.24) is 10.6 Å². The predicted octanol–water partition coefficient (Wildman–Crippen LogP) is 2.11. The molecule has 1 aliphatic carbocycles. The van der Waals surface area contributed by atoms with Crippen molar-refractivity contribution in [3.05, 3.63) is 22.7 Å². The van der Waals surface area contributed by atoms with Crippen LogP contribution in [0.25, 0.3) is 0 Å². The minimum absolute atomic E-state index is 0.0315. The fourth-order valence-electron chi connectivity index (χ4n) is 1.99. The van der Waals surface area contributed by atoms with Crippen LogP contribution < -0.4 is 20.1 Å². The summed E-state index contributed by atoms with van der Waals surface area (Å²) in [5.74, 6) is 1.13. The molecule has 1 aromatic carbocycles. The summed E-state index contributed by atoms with van der Waals surface area (Å²) in [5.41, 5.74) is 0.934. The molecule has 1 atom stereocenters. The highest BCUT2D eigenvalue weighted by molar-refractivity contribution is 6.32. The lowest BCUT2D eigenvalue weighted by Crippen LogP contribution is -2.42. The molecule has 1 aromatic rings. The molecule has 5 nitrogen and oxygen atoms in total. The Balaban J connectivity index is 1.95. The molecule has 0 spiro atoms. The van der Waals surface area contributed by atoms with Gasteiger partial charge in [0, 0.05) is 12.6 Å². The van der Waals surface area contributed by atoms with Gasteiger partial charge in [0.05, 0.1) is 25.3 Å². The van der Waals surface area contributed by atoms with E-state index in [0.29, 0.717) is 29.1 Å². The normalized spacial score (nSPS) is 15.4. The average Bonchev–Trinajstić information content (AvgIpc) is 3.27. The first-order chi connectivity index (χ1) is 10.0. The van der Waals surface area contributed by atoms with Crippen molar-refractivity contribution >= 4 is 17.5 Å². The number of carbonyl (C=O) groups excluding carboxylic acids is 1. The topological polar surface area (TPSA) is 59.6 Å². The molecular weight excluding hydrogens is 292 g/mol. The number of rotatable bonds is 7. The Morgan fingerprint density at radius 1 is 1.38 bits per heavy atom. The number of hydrogen-bond acceptors (Lipinski definition) is 4. The van der Waals surface area contributed by atoms with Gasteiger partial charge in [0.1, 0.15) is 0 Å². The first kappa shape index (κ1) is 15.9. The molecule has 0 aliphatic heterocycles. The highest BCUT2D eigenvalue weighted by Crippen LogP contribution is 2.35. The van der Waals surface area contributed by atoms with Gasteiger partial charge in [0.25, 0.3) is 0 Å². The molecule has 0 radical (unpaired) electrons. The van der Waals surface area contributed by atoms with Crippen LogP contribution in [-0.2, 0) is 11.3 Å². The lowest BCUT2D eigenvalue weighted by Gasteiger charge is -2.15. The highest BCUT2D eigenvalue weighted by Gasteiger charge is 2.25. The van der Waals surface area contributed by atoms with Crippen LogP contribution in [0.5, 0.6) is 11.5 Å². The largest absolute Gasteiger partial charge is 0.493 e. The van der Waals surface area contributed by atoms with E-state index in [2.05, 4.69) is 10.6 Å². The summed E-state index contributed by atoms with van der Waals surface area (Å²) in [4.78, 5) is 11.9. The number of ether oxygens (including phenoxy) is 2. The molecule has 0 bridgehead atoms. The van der Waals surface area contributed by atoms with Crippen molar-refractivity contribution < 1.29 is 14.3 Å². The monoisotopic (exact) mass is 312 g/mol. The fraction of sp³-hybridized carbons (Fsp3) is 0.533. The summed E-state index contributed by atoms with van der Waals surface area (Å²) >= 11 is 6.16. The third kappa shape index (κ3) is 4.25. The van der Waals surface area contributed by atoms with Gasteiger partial charge in [0.2, 0.25) is 5.91 Å². The second-order valence-corrected chi connectivity index (χ2v) is 5.61. The highest BCUT2D eigenvalue weighted by atomic mass is 35.5. The predicted molar refractivity (Wildman–Crippen MR) is 82.0 cm³/mol.